The molecule has 60 valence electrons. The molecule has 0 amide bonds. The highest BCUT2D eigenvalue weighted by Gasteiger charge is 2.32. The van der Waals surface area contributed by atoms with Crippen LogP contribution in [0.2, 0.25) is 0 Å². The number of hydrogen-bond acceptors (Lipinski definition) is 2. The molecule has 1 saturated carbocycles. The van der Waals surface area contributed by atoms with Crippen molar-refractivity contribution in [3.05, 3.63) is 11.6 Å². The Kier molecular flexibility index (Phi) is 1.48. The molecule has 0 aromatic rings. The Labute approximate surface area is 66.2 Å². The van der Waals surface area contributed by atoms with Crippen LogP contribution in [0.15, 0.2) is 11.6 Å². The standard InChI is InChI=1S/C9H12O2/c1-6-2-3-7-4-9(10)11-5-8(6)7/h4,6,8H,2-3,5H2,1H3/t6-,8+/m1/s1. The average Bonchev–Trinajstić information content (AvgIpc) is 2.32. The van der Waals surface area contributed by atoms with Crippen molar-refractivity contribution < 1.29 is 9.53 Å². The van der Waals surface area contributed by atoms with E-state index in [-0.39, 0.29) is 5.97 Å². The van der Waals surface area contributed by atoms with Crippen molar-refractivity contribution in [2.45, 2.75) is 19.8 Å². The van der Waals surface area contributed by atoms with E-state index in [1.165, 1.54) is 12.0 Å². The molecule has 2 atom stereocenters. The van der Waals surface area contributed by atoms with E-state index in [0.717, 1.165) is 6.42 Å². The summed E-state index contributed by atoms with van der Waals surface area (Å²) in [6.07, 6.45) is 3.99. The lowest BCUT2D eigenvalue weighted by Crippen LogP contribution is -2.21. The summed E-state index contributed by atoms with van der Waals surface area (Å²) in [5, 5.41) is 0. The number of carbonyl (C=O) groups is 1. The molecule has 1 heterocycles. The van der Waals surface area contributed by atoms with E-state index >= 15 is 0 Å². The van der Waals surface area contributed by atoms with Crippen LogP contribution in [0.3, 0.4) is 0 Å². The molecule has 0 N–H and O–H groups in total. The molecule has 2 nitrogen and oxygen atoms in total. The molecule has 0 aromatic carbocycles. The Morgan fingerprint density at radius 3 is 3.27 bits per heavy atom. The van der Waals surface area contributed by atoms with Gasteiger partial charge in [0.05, 0.1) is 6.61 Å². The zero-order valence-corrected chi connectivity index (χ0v) is 6.67. The number of hydrogen-bond donors (Lipinski definition) is 0. The molecule has 0 radical (unpaired) electrons. The monoisotopic (exact) mass is 152 g/mol. The van der Waals surface area contributed by atoms with Crippen LogP contribution in [0.1, 0.15) is 19.8 Å². The first-order valence-electron chi connectivity index (χ1n) is 4.14. The lowest BCUT2D eigenvalue weighted by molar-refractivity contribution is -0.140. The third-order valence-corrected chi connectivity index (χ3v) is 2.76. The maximum Gasteiger partial charge on any atom is 0.330 e. The fourth-order valence-corrected chi connectivity index (χ4v) is 1.96. The van der Waals surface area contributed by atoms with E-state index in [2.05, 4.69) is 6.92 Å². The Hall–Kier alpha value is -0.790. The summed E-state index contributed by atoms with van der Waals surface area (Å²) in [7, 11) is 0. The van der Waals surface area contributed by atoms with Gasteiger partial charge in [-0.05, 0) is 18.8 Å². The second-order valence-electron chi connectivity index (χ2n) is 3.47. The lowest BCUT2D eigenvalue weighted by Gasteiger charge is -2.20. The molecular formula is C9H12O2. The van der Waals surface area contributed by atoms with Crippen molar-refractivity contribution in [2.24, 2.45) is 11.8 Å². The minimum Gasteiger partial charge on any atom is -0.462 e. The first kappa shape index (κ1) is 6.89. The number of fused-ring (bicyclic) bond motifs is 1. The fraction of sp³-hybridized carbons (Fsp3) is 0.667. The first-order valence-corrected chi connectivity index (χ1v) is 4.14. The lowest BCUT2D eigenvalue weighted by atomic mass is 9.94. The van der Waals surface area contributed by atoms with E-state index in [9.17, 15) is 4.79 Å². The molecule has 1 aliphatic heterocycles. The van der Waals surface area contributed by atoms with Crippen LogP contribution in [0, 0.1) is 11.8 Å². The second-order valence-corrected chi connectivity index (χ2v) is 3.47. The number of ether oxygens (including phenoxy) is 1. The van der Waals surface area contributed by atoms with Crippen LogP contribution in [-0.4, -0.2) is 12.6 Å². The summed E-state index contributed by atoms with van der Waals surface area (Å²) in [6, 6.07) is 0. The Bertz CT molecular complexity index is 218. The van der Waals surface area contributed by atoms with Gasteiger partial charge >= 0.3 is 5.97 Å². The van der Waals surface area contributed by atoms with Crippen LogP contribution in [0.25, 0.3) is 0 Å². The van der Waals surface area contributed by atoms with E-state index in [4.69, 9.17) is 4.74 Å². The molecule has 0 unspecified atom stereocenters. The van der Waals surface area contributed by atoms with Crippen molar-refractivity contribution in [1.82, 2.24) is 0 Å². The van der Waals surface area contributed by atoms with Gasteiger partial charge in [0.15, 0.2) is 0 Å². The third kappa shape index (κ3) is 1.06. The van der Waals surface area contributed by atoms with Crippen molar-refractivity contribution in [3.63, 3.8) is 0 Å². The van der Waals surface area contributed by atoms with E-state index < -0.39 is 0 Å². The Morgan fingerprint density at radius 2 is 2.45 bits per heavy atom. The molecule has 11 heavy (non-hydrogen) atoms. The Balaban J connectivity index is 2.24. The summed E-state index contributed by atoms with van der Waals surface area (Å²) in [6.45, 7) is 2.84. The molecule has 1 fully saturated rings. The topological polar surface area (TPSA) is 26.3 Å². The summed E-state index contributed by atoms with van der Waals surface area (Å²) in [5.41, 5.74) is 1.31. The van der Waals surface area contributed by atoms with Crippen LogP contribution < -0.4 is 0 Å². The van der Waals surface area contributed by atoms with Gasteiger partial charge in [0.25, 0.3) is 0 Å². The zero-order chi connectivity index (χ0) is 7.84. The summed E-state index contributed by atoms with van der Waals surface area (Å²) < 4.78 is 4.95. The van der Waals surface area contributed by atoms with Crippen molar-refractivity contribution >= 4 is 5.97 Å². The highest BCUT2D eigenvalue weighted by atomic mass is 16.5. The number of esters is 1. The predicted octanol–water partition coefficient (Wildman–Crippen LogP) is 1.52. The van der Waals surface area contributed by atoms with E-state index in [1.807, 2.05) is 0 Å². The van der Waals surface area contributed by atoms with Gasteiger partial charge < -0.3 is 4.74 Å². The molecule has 0 saturated heterocycles. The highest BCUT2D eigenvalue weighted by molar-refractivity contribution is 5.83. The third-order valence-electron chi connectivity index (χ3n) is 2.76. The van der Waals surface area contributed by atoms with Gasteiger partial charge in [0.2, 0.25) is 0 Å². The van der Waals surface area contributed by atoms with Crippen molar-refractivity contribution in [1.29, 1.82) is 0 Å². The van der Waals surface area contributed by atoms with Crippen LogP contribution in [-0.2, 0) is 9.53 Å². The van der Waals surface area contributed by atoms with Gasteiger partial charge in [-0.15, -0.1) is 0 Å². The molecular weight excluding hydrogens is 140 g/mol. The second kappa shape index (κ2) is 2.36. The van der Waals surface area contributed by atoms with Crippen molar-refractivity contribution in [3.8, 4) is 0 Å². The molecule has 0 spiro atoms. The molecule has 2 rings (SSSR count). The van der Waals surface area contributed by atoms with Crippen LogP contribution in [0.4, 0.5) is 0 Å². The molecule has 0 aromatic heterocycles. The normalized spacial score (nSPS) is 36.1. The molecule has 0 bridgehead atoms. The highest BCUT2D eigenvalue weighted by Crippen LogP contribution is 2.38. The maximum absolute atomic E-state index is 10.8. The van der Waals surface area contributed by atoms with Gasteiger partial charge in [0, 0.05) is 12.0 Å². The zero-order valence-electron chi connectivity index (χ0n) is 6.67. The van der Waals surface area contributed by atoms with Gasteiger partial charge in [-0.25, -0.2) is 4.79 Å². The summed E-state index contributed by atoms with van der Waals surface area (Å²) >= 11 is 0. The van der Waals surface area contributed by atoms with Gasteiger partial charge in [-0.2, -0.15) is 0 Å². The fourth-order valence-electron chi connectivity index (χ4n) is 1.96. The minimum absolute atomic E-state index is 0.148. The van der Waals surface area contributed by atoms with Gasteiger partial charge in [0.1, 0.15) is 0 Å². The van der Waals surface area contributed by atoms with Gasteiger partial charge in [-0.3, -0.25) is 0 Å². The first-order chi connectivity index (χ1) is 5.27. The number of cyclic esters (lactones) is 1. The quantitative estimate of drug-likeness (QED) is 0.492. The molecule has 1 aliphatic carbocycles. The Morgan fingerprint density at radius 1 is 1.64 bits per heavy atom. The maximum atomic E-state index is 10.8. The number of carbonyl (C=O) groups excluding carboxylic acids is 1. The van der Waals surface area contributed by atoms with Crippen LogP contribution >= 0.6 is 0 Å². The smallest absolute Gasteiger partial charge is 0.330 e. The average molecular weight is 152 g/mol. The largest absolute Gasteiger partial charge is 0.462 e. The predicted molar refractivity (Wildman–Crippen MR) is 40.9 cm³/mol. The summed E-state index contributed by atoms with van der Waals surface area (Å²) in [4.78, 5) is 10.8. The minimum atomic E-state index is -0.148. The molecule has 2 heteroatoms. The number of rotatable bonds is 0. The summed E-state index contributed by atoms with van der Waals surface area (Å²) in [5.74, 6) is 1.09. The SMILES string of the molecule is C[C@@H]1CCC2=CC(=O)OC[C@H]21. The van der Waals surface area contributed by atoms with E-state index in [0.29, 0.717) is 18.4 Å². The van der Waals surface area contributed by atoms with Crippen LogP contribution in [0.5, 0.6) is 0 Å². The van der Waals surface area contributed by atoms with E-state index in [1.54, 1.807) is 6.08 Å². The van der Waals surface area contributed by atoms with Gasteiger partial charge in [-0.1, -0.05) is 12.5 Å². The van der Waals surface area contributed by atoms with Crippen molar-refractivity contribution in [2.75, 3.05) is 6.61 Å². The molecule has 2 aliphatic rings.